The molecule has 3 aromatic rings. The fraction of sp³-hybridized carbons (Fsp3) is 0.214. The number of nitriles is 1. The van der Waals surface area contributed by atoms with Gasteiger partial charge in [0.15, 0.2) is 5.69 Å². The second kappa shape index (κ2) is 12.5. The van der Waals surface area contributed by atoms with E-state index in [4.69, 9.17) is 21.6 Å². The molecule has 1 aromatic heterocycles. The Morgan fingerprint density at radius 3 is 2.51 bits per heavy atom. The van der Waals surface area contributed by atoms with E-state index in [2.05, 4.69) is 10.3 Å². The fourth-order valence-electron chi connectivity index (χ4n) is 3.64. The number of aromatic nitrogens is 2. The Morgan fingerprint density at radius 2 is 1.92 bits per heavy atom. The van der Waals surface area contributed by atoms with Crippen molar-refractivity contribution < 1.29 is 22.7 Å². The van der Waals surface area contributed by atoms with Crippen LogP contribution in [-0.2, 0) is 17.5 Å². The van der Waals surface area contributed by atoms with Gasteiger partial charge in [0.1, 0.15) is 5.75 Å². The largest absolute Gasteiger partial charge is 0.449 e. The van der Waals surface area contributed by atoms with E-state index in [0.717, 1.165) is 27.3 Å². The number of benzene rings is 2. The zero-order chi connectivity index (χ0) is 28.7. The number of nitrogens with one attached hydrogen (secondary N) is 1. The maximum Gasteiger partial charge on any atom is 0.437 e. The Hall–Kier alpha value is -4.36. The molecule has 11 heteroatoms. The predicted octanol–water partition coefficient (Wildman–Crippen LogP) is 6.14. The van der Waals surface area contributed by atoms with Gasteiger partial charge in [0.05, 0.1) is 24.5 Å². The molecule has 0 unspecified atom stereocenters. The van der Waals surface area contributed by atoms with Gasteiger partial charge in [-0.2, -0.15) is 18.4 Å². The molecule has 7 nitrogen and oxygen atoms in total. The van der Waals surface area contributed by atoms with E-state index in [9.17, 15) is 22.8 Å². The van der Waals surface area contributed by atoms with Crippen molar-refractivity contribution in [3.63, 3.8) is 0 Å². The summed E-state index contributed by atoms with van der Waals surface area (Å²) < 4.78 is 47.5. The normalized spacial score (nSPS) is 12.4. The van der Waals surface area contributed by atoms with Crippen molar-refractivity contribution in [2.75, 3.05) is 7.05 Å². The van der Waals surface area contributed by atoms with Gasteiger partial charge in [0.2, 0.25) is 11.7 Å². The lowest BCUT2D eigenvalue weighted by Gasteiger charge is -2.16. The summed E-state index contributed by atoms with van der Waals surface area (Å²) in [6, 6.07) is 14.7. The lowest BCUT2D eigenvalue weighted by Crippen LogP contribution is -2.30. The summed E-state index contributed by atoms with van der Waals surface area (Å²) in [5.74, 6) is -1.90. The lowest BCUT2D eigenvalue weighted by molar-refractivity contribution is -0.142. The third kappa shape index (κ3) is 7.15. The van der Waals surface area contributed by atoms with Gasteiger partial charge in [-0.05, 0) is 48.8 Å². The quantitative estimate of drug-likeness (QED) is 0.266. The van der Waals surface area contributed by atoms with Gasteiger partial charge in [-0.3, -0.25) is 14.2 Å². The first kappa shape index (κ1) is 29.2. The van der Waals surface area contributed by atoms with Crippen molar-refractivity contribution in [2.24, 2.45) is 0 Å². The average Bonchev–Trinajstić information content (AvgIpc) is 2.91. The van der Waals surface area contributed by atoms with Gasteiger partial charge in [0, 0.05) is 17.6 Å². The number of halogens is 4. The topological polar surface area (TPSA) is 97.0 Å². The highest BCUT2D eigenvalue weighted by molar-refractivity contribution is 6.30. The van der Waals surface area contributed by atoms with Crippen LogP contribution >= 0.6 is 11.6 Å². The van der Waals surface area contributed by atoms with Crippen LogP contribution in [0.5, 0.6) is 11.5 Å². The van der Waals surface area contributed by atoms with E-state index in [1.807, 2.05) is 50.2 Å². The third-order valence-corrected chi connectivity index (χ3v) is 5.96. The molecular weight excluding hydrogens is 533 g/mol. The Kier molecular flexibility index (Phi) is 9.33. The molecule has 0 aliphatic heterocycles. The summed E-state index contributed by atoms with van der Waals surface area (Å²) in [4.78, 5) is 29.6. The van der Waals surface area contributed by atoms with Crippen molar-refractivity contribution >= 4 is 23.1 Å². The zero-order valence-corrected chi connectivity index (χ0v) is 22.0. The number of hydrogen-bond acceptors (Lipinski definition) is 5. The Balaban J connectivity index is 2.16. The maximum absolute atomic E-state index is 13.8. The van der Waals surface area contributed by atoms with Crippen LogP contribution in [0.25, 0.3) is 5.57 Å². The molecule has 202 valence electrons. The molecule has 2 aromatic carbocycles. The Labute approximate surface area is 227 Å². The van der Waals surface area contributed by atoms with Gasteiger partial charge in [0.25, 0.3) is 5.56 Å². The predicted molar refractivity (Wildman–Crippen MR) is 141 cm³/mol. The number of amides is 1. The Bertz CT molecular complexity index is 1540. The van der Waals surface area contributed by atoms with Crippen LogP contribution in [0.3, 0.4) is 0 Å². The first-order chi connectivity index (χ1) is 18.5. The van der Waals surface area contributed by atoms with E-state index in [1.165, 1.54) is 19.2 Å². The lowest BCUT2D eigenvalue weighted by atomic mass is 9.96. The van der Waals surface area contributed by atoms with Crippen LogP contribution in [0, 0.1) is 11.3 Å². The molecule has 0 saturated carbocycles. The summed E-state index contributed by atoms with van der Waals surface area (Å²) in [5.41, 5.74) is -0.0837. The number of hydrogen-bond donors (Lipinski definition) is 1. The van der Waals surface area contributed by atoms with Crippen LogP contribution in [0.15, 0.2) is 76.9 Å². The van der Waals surface area contributed by atoms with Crippen molar-refractivity contribution in [2.45, 2.75) is 33.0 Å². The minimum atomic E-state index is -5.02. The molecular formula is C28H24ClF3N4O3. The number of carbonyl (C=O) groups excluding carboxylic acids is 1. The summed E-state index contributed by atoms with van der Waals surface area (Å²) in [7, 11) is 1.41. The van der Waals surface area contributed by atoms with Crippen molar-refractivity contribution in [1.82, 2.24) is 14.9 Å². The molecule has 0 saturated heterocycles. The van der Waals surface area contributed by atoms with Gasteiger partial charge < -0.3 is 10.1 Å². The smallest absolute Gasteiger partial charge is 0.437 e. The number of ether oxygens (including phenoxy) is 1. The minimum Gasteiger partial charge on any atom is -0.449 e. The molecule has 39 heavy (non-hydrogen) atoms. The first-order valence-electron chi connectivity index (χ1n) is 11.7. The standard InChI is InChI=1S/C28H24ClF3N4O3/c1-4-17(2)23(19-8-6-5-7-9-19)12-20(26(37)34-3)15-36-16-35-25(28(30,31)32)24(27(36)38)39-22-11-18(14-33)10-21(29)13-22/h5-13,16H,4,15H2,1-3H3,(H,34,37)/b20-12-,23-17-. The van der Waals surface area contributed by atoms with Crippen LogP contribution in [0.2, 0.25) is 5.02 Å². The first-order valence-corrected chi connectivity index (χ1v) is 12.1. The highest BCUT2D eigenvalue weighted by atomic mass is 35.5. The van der Waals surface area contributed by atoms with Crippen molar-refractivity contribution in [1.29, 1.82) is 5.26 Å². The van der Waals surface area contributed by atoms with E-state index >= 15 is 0 Å². The SMILES string of the molecule is CC/C(C)=C(/C=C(/Cn1cnc(C(F)(F)F)c(Oc2cc(Cl)cc(C#N)c2)c1=O)C(=O)NC)c1ccccc1. The average molecular weight is 557 g/mol. The van der Waals surface area contributed by atoms with E-state index in [0.29, 0.717) is 12.7 Å². The molecule has 3 rings (SSSR count). The number of rotatable bonds is 8. The summed E-state index contributed by atoms with van der Waals surface area (Å²) in [5, 5.41) is 11.7. The number of allylic oxidation sites excluding steroid dienone is 3. The van der Waals surface area contributed by atoms with Crippen molar-refractivity contribution in [3.8, 4) is 17.6 Å². The van der Waals surface area contributed by atoms with Crippen LogP contribution in [0.1, 0.15) is 37.1 Å². The van der Waals surface area contributed by atoms with Crippen LogP contribution in [-0.4, -0.2) is 22.5 Å². The number of likely N-dealkylation sites (N-methyl/N-ethyl adjacent to an activating group) is 1. The van der Waals surface area contributed by atoms with E-state index < -0.39 is 35.6 Å². The minimum absolute atomic E-state index is 0.0200. The van der Waals surface area contributed by atoms with Gasteiger partial charge in [-0.25, -0.2) is 4.98 Å². The number of carbonyl (C=O) groups is 1. The van der Waals surface area contributed by atoms with Gasteiger partial charge in [-0.15, -0.1) is 0 Å². The van der Waals surface area contributed by atoms with Gasteiger partial charge in [-0.1, -0.05) is 54.4 Å². The van der Waals surface area contributed by atoms with Gasteiger partial charge >= 0.3 is 6.18 Å². The van der Waals surface area contributed by atoms with E-state index in [-0.39, 0.29) is 21.9 Å². The summed E-state index contributed by atoms with van der Waals surface area (Å²) >= 11 is 5.94. The molecule has 0 bridgehead atoms. The number of alkyl halides is 3. The molecule has 0 spiro atoms. The number of nitrogens with zero attached hydrogens (tertiary/aromatic N) is 3. The molecule has 1 N–H and O–H groups in total. The highest BCUT2D eigenvalue weighted by Gasteiger charge is 2.39. The Morgan fingerprint density at radius 1 is 1.23 bits per heavy atom. The molecule has 0 fully saturated rings. The van der Waals surface area contributed by atoms with Crippen LogP contribution < -0.4 is 15.6 Å². The molecule has 0 aliphatic rings. The zero-order valence-electron chi connectivity index (χ0n) is 21.3. The van der Waals surface area contributed by atoms with Crippen LogP contribution in [0.4, 0.5) is 13.2 Å². The summed E-state index contributed by atoms with van der Waals surface area (Å²) in [6.07, 6.45) is -2.03. The molecule has 0 radical (unpaired) electrons. The second-order valence-corrected chi connectivity index (χ2v) is 8.84. The molecule has 0 aliphatic carbocycles. The maximum atomic E-state index is 13.8. The molecule has 0 atom stereocenters. The monoisotopic (exact) mass is 556 g/mol. The molecule has 1 heterocycles. The van der Waals surface area contributed by atoms with E-state index in [1.54, 1.807) is 6.08 Å². The molecule has 1 amide bonds. The summed E-state index contributed by atoms with van der Waals surface area (Å²) in [6.45, 7) is 3.46. The third-order valence-electron chi connectivity index (χ3n) is 5.74. The fourth-order valence-corrected chi connectivity index (χ4v) is 3.87. The second-order valence-electron chi connectivity index (χ2n) is 8.40. The van der Waals surface area contributed by atoms with Crippen molar-refractivity contribution in [3.05, 3.63) is 104 Å². The highest BCUT2D eigenvalue weighted by Crippen LogP contribution is 2.35.